The van der Waals surface area contributed by atoms with Gasteiger partial charge in [-0.25, -0.2) is 5.01 Å². The van der Waals surface area contributed by atoms with Crippen LogP contribution in [-0.4, -0.2) is 56.6 Å². The summed E-state index contributed by atoms with van der Waals surface area (Å²) in [5.41, 5.74) is 4.29. The summed E-state index contributed by atoms with van der Waals surface area (Å²) in [6.45, 7) is 2.08. The van der Waals surface area contributed by atoms with Crippen LogP contribution in [0.15, 0.2) is 0 Å². The lowest BCUT2D eigenvalue weighted by atomic mass is 9.99. The second kappa shape index (κ2) is 8.05. The van der Waals surface area contributed by atoms with Crippen molar-refractivity contribution in [2.24, 2.45) is 0 Å². The number of nitrogens with one attached hydrogen (secondary N) is 1. The van der Waals surface area contributed by atoms with Crippen molar-refractivity contribution in [2.75, 3.05) is 35.4 Å². The molecule has 0 bridgehead atoms. The predicted molar refractivity (Wildman–Crippen MR) is 90.8 cm³/mol. The third-order valence-corrected chi connectivity index (χ3v) is 4.46. The van der Waals surface area contributed by atoms with Crippen LogP contribution in [0.3, 0.4) is 0 Å². The van der Waals surface area contributed by atoms with E-state index in [2.05, 4.69) is 12.3 Å². The van der Waals surface area contributed by atoms with Gasteiger partial charge in [0.1, 0.15) is 0 Å². The molecule has 0 aromatic heterocycles. The molecule has 0 aliphatic rings. The average molecular weight is 326 g/mol. The first-order valence-corrected chi connectivity index (χ1v) is 8.22. The first kappa shape index (κ1) is 18.3. The van der Waals surface area contributed by atoms with Crippen molar-refractivity contribution in [2.45, 2.75) is 19.8 Å². The van der Waals surface area contributed by atoms with Crippen LogP contribution in [0.5, 0.6) is 17.2 Å². The molecule has 0 atom stereocenters. The lowest BCUT2D eigenvalue weighted by Gasteiger charge is -2.23. The van der Waals surface area contributed by atoms with Crippen LogP contribution in [0.4, 0.5) is 0 Å². The van der Waals surface area contributed by atoms with E-state index in [0.29, 0.717) is 22.8 Å². The van der Waals surface area contributed by atoms with Gasteiger partial charge in [-0.1, -0.05) is 13.3 Å². The van der Waals surface area contributed by atoms with Crippen LogP contribution in [0, 0.1) is 0 Å². The highest BCUT2D eigenvalue weighted by atomic mass is 28.1. The van der Waals surface area contributed by atoms with Crippen molar-refractivity contribution < 1.29 is 19.0 Å². The maximum Gasteiger partial charge on any atom is 0.269 e. The monoisotopic (exact) mass is 326 g/mol. The highest BCUT2D eigenvalue weighted by molar-refractivity contribution is 6.36. The third-order valence-electron chi connectivity index (χ3n) is 3.40. The Morgan fingerprint density at radius 2 is 1.64 bits per heavy atom. The summed E-state index contributed by atoms with van der Waals surface area (Å²) in [6, 6.07) is 0. The van der Waals surface area contributed by atoms with Gasteiger partial charge < -0.3 is 14.2 Å². The zero-order valence-corrected chi connectivity index (χ0v) is 16.5. The van der Waals surface area contributed by atoms with Crippen molar-refractivity contribution in [3.05, 3.63) is 11.1 Å². The maximum absolute atomic E-state index is 12.6. The summed E-state index contributed by atoms with van der Waals surface area (Å²) in [5, 5.41) is 2.65. The van der Waals surface area contributed by atoms with E-state index in [0.717, 1.165) is 33.8 Å². The first-order chi connectivity index (χ1) is 10.4. The summed E-state index contributed by atoms with van der Waals surface area (Å²) < 4.78 is 16.4. The molecule has 0 unspecified atom stereocenters. The highest BCUT2D eigenvalue weighted by Gasteiger charge is 2.28. The summed E-state index contributed by atoms with van der Waals surface area (Å²) in [5.74, 6) is 1.35. The molecule has 0 fully saturated rings. The fourth-order valence-corrected chi connectivity index (χ4v) is 3.47. The number of hydrogen-bond donors (Lipinski definition) is 1. The largest absolute Gasteiger partial charge is 0.493 e. The molecule has 1 aromatic carbocycles. The van der Waals surface area contributed by atoms with E-state index in [1.165, 1.54) is 7.11 Å². The Hall–Kier alpha value is -1.73. The van der Waals surface area contributed by atoms with Gasteiger partial charge in [-0.05, 0) is 17.2 Å². The number of amides is 1. The van der Waals surface area contributed by atoms with Gasteiger partial charge in [-0.3, -0.25) is 10.2 Å². The van der Waals surface area contributed by atoms with Crippen molar-refractivity contribution in [3.63, 3.8) is 0 Å². The van der Waals surface area contributed by atoms with Crippen LogP contribution in [-0.2, 0) is 6.42 Å². The molecule has 0 aliphatic heterocycles. The molecule has 6 nitrogen and oxygen atoms in total. The normalized spacial score (nSPS) is 10.7. The molecule has 7 heteroatoms. The molecule has 1 aromatic rings. The Morgan fingerprint density at radius 3 is 2.05 bits per heavy atom. The van der Waals surface area contributed by atoms with Gasteiger partial charge in [-0.15, -0.1) is 0 Å². The van der Waals surface area contributed by atoms with Gasteiger partial charge in [0.25, 0.3) is 5.91 Å². The van der Waals surface area contributed by atoms with Gasteiger partial charge in [0.2, 0.25) is 5.75 Å². The molecule has 22 heavy (non-hydrogen) atoms. The van der Waals surface area contributed by atoms with Crippen molar-refractivity contribution in [1.82, 2.24) is 10.4 Å². The lowest BCUT2D eigenvalue weighted by molar-refractivity contribution is 0.0852. The molecule has 0 spiro atoms. The van der Waals surface area contributed by atoms with E-state index >= 15 is 0 Å². The maximum atomic E-state index is 12.6. The smallest absolute Gasteiger partial charge is 0.269 e. The zero-order chi connectivity index (χ0) is 16.9. The van der Waals surface area contributed by atoms with Crippen LogP contribution in [0.25, 0.3) is 0 Å². The zero-order valence-electron chi connectivity index (χ0n) is 14.5. The second-order valence-corrected chi connectivity index (χ2v) is 6.16. The number of nitrogens with zero attached hydrogens (tertiary/aromatic N) is 1. The first-order valence-electron chi connectivity index (χ1n) is 7.22. The van der Waals surface area contributed by atoms with E-state index in [9.17, 15) is 4.79 Å². The predicted octanol–water partition coefficient (Wildman–Crippen LogP) is -0.138. The van der Waals surface area contributed by atoms with Crippen molar-refractivity contribution >= 4 is 21.3 Å². The Kier molecular flexibility index (Phi) is 6.70. The molecule has 0 heterocycles. The fourth-order valence-electron chi connectivity index (χ4n) is 2.54. The van der Waals surface area contributed by atoms with Gasteiger partial charge in [0.15, 0.2) is 11.5 Å². The van der Waals surface area contributed by atoms with E-state index < -0.39 is 0 Å². The molecule has 0 aliphatic carbocycles. The molecule has 1 N–H and O–H groups in total. The highest BCUT2D eigenvalue weighted by Crippen LogP contribution is 2.40. The summed E-state index contributed by atoms with van der Waals surface area (Å²) in [4.78, 5) is 12.6. The van der Waals surface area contributed by atoms with E-state index in [1.54, 1.807) is 33.3 Å². The Bertz CT molecular complexity index is 547. The van der Waals surface area contributed by atoms with Crippen LogP contribution in [0.1, 0.15) is 29.3 Å². The minimum Gasteiger partial charge on any atom is -0.493 e. The van der Waals surface area contributed by atoms with Crippen LogP contribution < -0.4 is 24.8 Å². The summed E-state index contributed by atoms with van der Waals surface area (Å²) in [6.07, 6.45) is 1.71. The van der Waals surface area contributed by atoms with Crippen LogP contribution >= 0.6 is 0 Å². The topological polar surface area (TPSA) is 60.0 Å². The number of benzene rings is 1. The molecular weight excluding hydrogens is 300 g/mol. The van der Waals surface area contributed by atoms with Crippen molar-refractivity contribution in [3.8, 4) is 17.2 Å². The second-order valence-electron chi connectivity index (χ2n) is 5.16. The molecule has 0 radical (unpaired) electrons. The molecule has 124 valence electrons. The molecule has 1 rings (SSSR count). The lowest BCUT2D eigenvalue weighted by Crippen LogP contribution is -2.38. The SMILES string of the molecule is CCCc1c([SiH3])c(OC)c(OC)c(OC)c1C(=O)NN(C)C. The number of methoxy groups -OCH3 is 3. The third kappa shape index (κ3) is 3.53. The molecule has 0 saturated carbocycles. The number of carbonyl (C=O) groups excluding carboxylic acids is 1. The number of rotatable bonds is 7. The average Bonchev–Trinajstić information content (AvgIpc) is 2.47. The van der Waals surface area contributed by atoms with Crippen molar-refractivity contribution in [1.29, 1.82) is 0 Å². The molecular formula is C15H26N2O4Si. The Morgan fingerprint density at radius 1 is 1.09 bits per heavy atom. The van der Waals surface area contributed by atoms with E-state index in [4.69, 9.17) is 14.2 Å². The summed E-state index contributed by atoms with van der Waals surface area (Å²) in [7, 11) is 8.97. The number of hydrazine groups is 1. The van der Waals surface area contributed by atoms with Gasteiger partial charge in [0, 0.05) is 24.3 Å². The number of carbonyl (C=O) groups is 1. The van der Waals surface area contributed by atoms with Gasteiger partial charge in [-0.2, -0.15) is 0 Å². The Labute approximate surface area is 135 Å². The van der Waals surface area contributed by atoms with E-state index in [-0.39, 0.29) is 5.91 Å². The molecule has 0 saturated heterocycles. The quantitative estimate of drug-likeness (QED) is 0.558. The minimum atomic E-state index is -0.205. The number of ether oxygens (including phenoxy) is 3. The fraction of sp³-hybridized carbons (Fsp3) is 0.533. The standard InChI is InChI=1S/C15H26N2O4Si/c1-7-8-9-10(15(18)16-17(2)3)11(19-4)12(20-5)13(21-6)14(9)22/h7-8H2,1-6,22H3,(H,16,18). The number of hydrogen-bond acceptors (Lipinski definition) is 5. The van der Waals surface area contributed by atoms with Gasteiger partial charge in [0.05, 0.1) is 26.9 Å². The Balaban J connectivity index is 3.68. The van der Waals surface area contributed by atoms with Crippen LogP contribution in [0.2, 0.25) is 0 Å². The molecule has 1 amide bonds. The minimum absolute atomic E-state index is 0.205. The summed E-state index contributed by atoms with van der Waals surface area (Å²) >= 11 is 0. The van der Waals surface area contributed by atoms with E-state index in [1.807, 2.05) is 0 Å². The van der Waals surface area contributed by atoms with Gasteiger partial charge >= 0.3 is 0 Å².